The minimum Gasteiger partial charge on any atom is -0.493 e. The Morgan fingerprint density at radius 1 is 0.963 bits per heavy atom. The quantitative estimate of drug-likeness (QED) is 0.403. The number of benzene rings is 2. The van der Waals surface area contributed by atoms with E-state index in [0.29, 0.717) is 6.61 Å². The lowest BCUT2D eigenvalue weighted by Gasteiger charge is -2.16. The van der Waals surface area contributed by atoms with E-state index >= 15 is 0 Å². The molecule has 0 amide bonds. The van der Waals surface area contributed by atoms with Gasteiger partial charge in [-0.05, 0) is 36.7 Å². The fourth-order valence-corrected chi connectivity index (χ4v) is 3.27. The predicted octanol–water partition coefficient (Wildman–Crippen LogP) is 6.38. The molecule has 0 spiro atoms. The van der Waals surface area contributed by atoms with E-state index < -0.39 is 0 Å². The van der Waals surface area contributed by atoms with Gasteiger partial charge in [0.15, 0.2) is 11.5 Å². The summed E-state index contributed by atoms with van der Waals surface area (Å²) in [4.78, 5) is 0. The zero-order valence-electron chi connectivity index (χ0n) is 16.6. The monoisotopic (exact) mass is 389 g/mol. The zero-order valence-corrected chi connectivity index (χ0v) is 17.4. The van der Waals surface area contributed by atoms with Gasteiger partial charge in [0.1, 0.15) is 6.61 Å². The number of nitrogens with one attached hydrogen (secondary N) is 1. The van der Waals surface area contributed by atoms with Crippen molar-refractivity contribution in [3.63, 3.8) is 0 Å². The molecule has 0 aliphatic rings. The molecule has 0 unspecified atom stereocenters. The van der Waals surface area contributed by atoms with Gasteiger partial charge < -0.3 is 14.8 Å². The molecule has 0 heterocycles. The number of ether oxygens (including phenoxy) is 2. The summed E-state index contributed by atoms with van der Waals surface area (Å²) in [6, 6.07) is 13.8. The molecule has 27 heavy (non-hydrogen) atoms. The van der Waals surface area contributed by atoms with Crippen LogP contribution in [-0.2, 0) is 13.2 Å². The molecule has 148 valence electrons. The van der Waals surface area contributed by atoms with Crippen LogP contribution in [-0.4, -0.2) is 13.7 Å². The van der Waals surface area contributed by atoms with Crippen LogP contribution in [0.5, 0.6) is 11.5 Å². The topological polar surface area (TPSA) is 30.5 Å². The number of rotatable bonds is 13. The van der Waals surface area contributed by atoms with Crippen LogP contribution in [0.25, 0.3) is 0 Å². The van der Waals surface area contributed by atoms with Gasteiger partial charge in [-0.3, -0.25) is 0 Å². The summed E-state index contributed by atoms with van der Waals surface area (Å²) in [5.74, 6) is 1.56. The third-order valence-electron chi connectivity index (χ3n) is 4.58. The molecule has 0 radical (unpaired) electrons. The molecule has 0 saturated carbocycles. The fourth-order valence-electron chi connectivity index (χ4n) is 3.06. The van der Waals surface area contributed by atoms with E-state index in [9.17, 15) is 0 Å². The molecule has 2 rings (SSSR count). The van der Waals surface area contributed by atoms with E-state index in [0.717, 1.165) is 40.7 Å². The lowest BCUT2D eigenvalue weighted by Crippen LogP contribution is -2.15. The number of halogens is 1. The average molecular weight is 390 g/mol. The molecule has 0 saturated heterocycles. The molecule has 0 fully saturated rings. The van der Waals surface area contributed by atoms with Crippen LogP contribution in [0.2, 0.25) is 5.02 Å². The molecular weight excluding hydrogens is 358 g/mol. The summed E-state index contributed by atoms with van der Waals surface area (Å²) >= 11 is 6.06. The van der Waals surface area contributed by atoms with Crippen molar-refractivity contribution < 1.29 is 9.47 Å². The summed E-state index contributed by atoms with van der Waals surface area (Å²) in [7, 11) is 1.68. The van der Waals surface area contributed by atoms with E-state index in [1.54, 1.807) is 7.11 Å². The van der Waals surface area contributed by atoms with Crippen molar-refractivity contribution in [2.45, 2.75) is 58.6 Å². The standard InChI is InChI=1S/C23H32ClNO2/c1-3-4-5-6-7-8-15-25-17-20-12-10-14-22(26-2)23(20)27-18-19-11-9-13-21(24)16-19/h9-14,16,25H,3-8,15,17-18H2,1-2H3. The highest BCUT2D eigenvalue weighted by atomic mass is 35.5. The summed E-state index contributed by atoms with van der Waals surface area (Å²) in [6.45, 7) is 4.52. The average Bonchev–Trinajstić information content (AvgIpc) is 2.68. The highest BCUT2D eigenvalue weighted by Crippen LogP contribution is 2.32. The largest absolute Gasteiger partial charge is 0.493 e. The van der Waals surface area contributed by atoms with Crippen LogP contribution in [0.1, 0.15) is 56.6 Å². The van der Waals surface area contributed by atoms with Crippen molar-refractivity contribution in [1.29, 1.82) is 0 Å². The van der Waals surface area contributed by atoms with Gasteiger partial charge in [-0.25, -0.2) is 0 Å². The normalized spacial score (nSPS) is 10.8. The molecular formula is C23H32ClNO2. The molecule has 2 aromatic rings. The Morgan fingerprint density at radius 2 is 1.74 bits per heavy atom. The van der Waals surface area contributed by atoms with E-state index in [1.165, 1.54) is 38.5 Å². The van der Waals surface area contributed by atoms with E-state index in [4.69, 9.17) is 21.1 Å². The van der Waals surface area contributed by atoms with Crippen molar-refractivity contribution in [1.82, 2.24) is 5.32 Å². The van der Waals surface area contributed by atoms with Gasteiger partial charge in [0.25, 0.3) is 0 Å². The minimum atomic E-state index is 0.464. The maximum atomic E-state index is 6.10. The lowest BCUT2D eigenvalue weighted by atomic mass is 10.1. The molecule has 0 aliphatic carbocycles. The summed E-state index contributed by atoms with van der Waals surface area (Å²) < 4.78 is 11.6. The number of unbranched alkanes of at least 4 members (excludes halogenated alkanes) is 5. The number of hydrogen-bond donors (Lipinski definition) is 1. The van der Waals surface area contributed by atoms with Gasteiger partial charge in [-0.15, -0.1) is 0 Å². The third-order valence-corrected chi connectivity index (χ3v) is 4.81. The van der Waals surface area contributed by atoms with Gasteiger partial charge in [-0.2, -0.15) is 0 Å². The van der Waals surface area contributed by atoms with Gasteiger partial charge in [0.05, 0.1) is 7.11 Å². The Balaban J connectivity index is 1.86. The second-order valence-electron chi connectivity index (χ2n) is 6.81. The maximum Gasteiger partial charge on any atom is 0.166 e. The second-order valence-corrected chi connectivity index (χ2v) is 7.25. The molecule has 0 aromatic heterocycles. The first kappa shape index (κ1) is 21.6. The molecule has 0 atom stereocenters. The summed E-state index contributed by atoms with van der Waals surface area (Å²) in [5.41, 5.74) is 2.15. The van der Waals surface area contributed by atoms with Crippen LogP contribution in [0.4, 0.5) is 0 Å². The number of hydrogen-bond acceptors (Lipinski definition) is 3. The van der Waals surface area contributed by atoms with Crippen molar-refractivity contribution in [2.75, 3.05) is 13.7 Å². The first-order valence-corrected chi connectivity index (χ1v) is 10.4. The lowest BCUT2D eigenvalue weighted by molar-refractivity contribution is 0.280. The SMILES string of the molecule is CCCCCCCCNCc1cccc(OC)c1OCc1cccc(Cl)c1. The Labute approximate surface area is 169 Å². The minimum absolute atomic E-state index is 0.464. The van der Waals surface area contributed by atoms with Crippen LogP contribution in [0.15, 0.2) is 42.5 Å². The van der Waals surface area contributed by atoms with Crippen molar-refractivity contribution in [3.05, 3.63) is 58.6 Å². The zero-order chi connectivity index (χ0) is 19.3. The second kappa shape index (κ2) is 12.6. The third kappa shape index (κ3) is 7.82. The molecule has 2 aromatic carbocycles. The van der Waals surface area contributed by atoms with Crippen LogP contribution >= 0.6 is 11.6 Å². The first-order chi connectivity index (χ1) is 13.2. The smallest absolute Gasteiger partial charge is 0.166 e. The number of methoxy groups -OCH3 is 1. The summed E-state index contributed by atoms with van der Waals surface area (Å²) in [5, 5.41) is 4.25. The van der Waals surface area contributed by atoms with Crippen molar-refractivity contribution in [3.8, 4) is 11.5 Å². The van der Waals surface area contributed by atoms with Gasteiger partial charge in [-0.1, -0.05) is 74.9 Å². The van der Waals surface area contributed by atoms with E-state index in [1.807, 2.05) is 36.4 Å². The van der Waals surface area contributed by atoms with Gasteiger partial charge in [0, 0.05) is 17.1 Å². The van der Waals surface area contributed by atoms with Crippen LogP contribution < -0.4 is 14.8 Å². The van der Waals surface area contributed by atoms with Crippen LogP contribution in [0, 0.1) is 0 Å². The predicted molar refractivity (Wildman–Crippen MR) is 114 cm³/mol. The number of para-hydroxylation sites is 1. The van der Waals surface area contributed by atoms with Crippen molar-refractivity contribution >= 4 is 11.6 Å². The Bertz CT molecular complexity index is 675. The maximum absolute atomic E-state index is 6.10. The van der Waals surface area contributed by atoms with Crippen LogP contribution in [0.3, 0.4) is 0 Å². The fraction of sp³-hybridized carbons (Fsp3) is 0.478. The Morgan fingerprint density at radius 3 is 2.52 bits per heavy atom. The first-order valence-electron chi connectivity index (χ1n) is 9.98. The molecule has 1 N–H and O–H groups in total. The molecule has 3 nitrogen and oxygen atoms in total. The Hall–Kier alpha value is -1.71. The van der Waals surface area contributed by atoms with Gasteiger partial charge >= 0.3 is 0 Å². The van der Waals surface area contributed by atoms with E-state index in [-0.39, 0.29) is 0 Å². The highest BCUT2D eigenvalue weighted by Gasteiger charge is 2.11. The molecule has 4 heteroatoms. The highest BCUT2D eigenvalue weighted by molar-refractivity contribution is 6.30. The summed E-state index contributed by atoms with van der Waals surface area (Å²) in [6.07, 6.45) is 7.85. The van der Waals surface area contributed by atoms with Crippen molar-refractivity contribution in [2.24, 2.45) is 0 Å². The molecule has 0 bridgehead atoms. The van der Waals surface area contributed by atoms with E-state index in [2.05, 4.69) is 18.3 Å². The van der Waals surface area contributed by atoms with Gasteiger partial charge in [0.2, 0.25) is 0 Å². The molecule has 0 aliphatic heterocycles. The Kier molecular flexibility index (Phi) is 10.1.